The topological polar surface area (TPSA) is 32.7 Å². The van der Waals surface area contributed by atoms with Crippen molar-refractivity contribution in [3.05, 3.63) is 35.4 Å². The molecule has 0 amide bonds. The van der Waals surface area contributed by atoms with Crippen LogP contribution in [0.25, 0.3) is 0 Å². The van der Waals surface area contributed by atoms with Gasteiger partial charge >= 0.3 is 6.18 Å². The fourth-order valence-corrected chi connectivity index (χ4v) is 2.29. The Labute approximate surface area is 116 Å². The van der Waals surface area contributed by atoms with Gasteiger partial charge in [0.15, 0.2) is 0 Å². The SMILES string of the molecule is OCCCN1CCO[C@@H](c2ccc(C(F)(F)F)cc2)C1. The number of halogens is 3. The molecule has 0 spiro atoms. The number of morpholine rings is 1. The number of hydrogen-bond acceptors (Lipinski definition) is 3. The molecule has 3 nitrogen and oxygen atoms in total. The molecule has 1 aliphatic rings. The second-order valence-corrected chi connectivity index (χ2v) is 4.86. The first-order valence-corrected chi connectivity index (χ1v) is 6.62. The third-order valence-electron chi connectivity index (χ3n) is 3.39. The Balaban J connectivity index is 2.00. The highest BCUT2D eigenvalue weighted by Gasteiger charge is 2.30. The molecule has 0 unspecified atom stereocenters. The van der Waals surface area contributed by atoms with E-state index < -0.39 is 11.7 Å². The number of aliphatic hydroxyl groups excluding tert-OH is 1. The first-order chi connectivity index (χ1) is 9.50. The van der Waals surface area contributed by atoms with Crippen molar-refractivity contribution in [1.82, 2.24) is 4.90 Å². The monoisotopic (exact) mass is 289 g/mol. The molecular formula is C14H18F3NO2. The summed E-state index contributed by atoms with van der Waals surface area (Å²) in [4.78, 5) is 2.15. The van der Waals surface area contributed by atoms with E-state index in [0.29, 0.717) is 19.6 Å². The van der Waals surface area contributed by atoms with Gasteiger partial charge in [-0.2, -0.15) is 13.2 Å². The van der Waals surface area contributed by atoms with E-state index in [4.69, 9.17) is 9.84 Å². The average molecular weight is 289 g/mol. The van der Waals surface area contributed by atoms with Gasteiger partial charge in [0.1, 0.15) is 0 Å². The highest BCUT2D eigenvalue weighted by molar-refractivity contribution is 5.26. The number of aliphatic hydroxyl groups is 1. The second-order valence-electron chi connectivity index (χ2n) is 4.86. The van der Waals surface area contributed by atoms with Gasteiger partial charge in [0.25, 0.3) is 0 Å². The molecule has 1 heterocycles. The molecule has 0 aromatic heterocycles. The highest BCUT2D eigenvalue weighted by Crippen LogP contribution is 2.31. The largest absolute Gasteiger partial charge is 0.416 e. The maximum absolute atomic E-state index is 12.5. The molecule has 1 atom stereocenters. The quantitative estimate of drug-likeness (QED) is 0.924. The Hall–Kier alpha value is -1.11. The van der Waals surface area contributed by atoms with Crippen molar-refractivity contribution in [3.63, 3.8) is 0 Å². The van der Waals surface area contributed by atoms with Crippen LogP contribution in [0.3, 0.4) is 0 Å². The smallest absolute Gasteiger partial charge is 0.396 e. The lowest BCUT2D eigenvalue weighted by Gasteiger charge is -2.33. The van der Waals surface area contributed by atoms with E-state index in [0.717, 1.165) is 30.8 Å². The molecule has 6 heteroatoms. The van der Waals surface area contributed by atoms with Crippen LogP contribution in [0.4, 0.5) is 13.2 Å². The van der Waals surface area contributed by atoms with Gasteiger partial charge in [-0.15, -0.1) is 0 Å². The molecule has 0 aliphatic carbocycles. The van der Waals surface area contributed by atoms with Gasteiger partial charge < -0.3 is 9.84 Å². The minimum atomic E-state index is -4.31. The van der Waals surface area contributed by atoms with Gasteiger partial charge in [0.05, 0.1) is 18.3 Å². The standard InChI is InChI=1S/C14H18F3NO2/c15-14(16,17)12-4-2-11(3-5-12)13-10-18(6-1-8-19)7-9-20-13/h2-5,13,19H,1,6-10H2/t13-/m1/s1. The van der Waals surface area contributed by atoms with Crippen LogP contribution < -0.4 is 0 Å². The van der Waals surface area contributed by atoms with Gasteiger partial charge in [-0.05, 0) is 24.1 Å². The van der Waals surface area contributed by atoms with Gasteiger partial charge in [-0.1, -0.05) is 12.1 Å². The van der Waals surface area contributed by atoms with E-state index in [1.807, 2.05) is 0 Å². The zero-order valence-electron chi connectivity index (χ0n) is 11.1. The van der Waals surface area contributed by atoms with Crippen molar-refractivity contribution in [2.45, 2.75) is 18.7 Å². The summed E-state index contributed by atoms with van der Waals surface area (Å²) in [5.74, 6) is 0. The minimum absolute atomic E-state index is 0.141. The Morgan fingerprint density at radius 3 is 2.55 bits per heavy atom. The number of nitrogens with zero attached hydrogens (tertiary/aromatic N) is 1. The fraction of sp³-hybridized carbons (Fsp3) is 0.571. The predicted octanol–water partition coefficient (Wildman–Crippen LogP) is 2.46. The maximum atomic E-state index is 12.5. The number of alkyl halides is 3. The molecule has 1 saturated heterocycles. The molecule has 20 heavy (non-hydrogen) atoms. The van der Waals surface area contributed by atoms with Crippen LogP contribution in [0.5, 0.6) is 0 Å². The zero-order valence-corrected chi connectivity index (χ0v) is 11.1. The summed E-state index contributed by atoms with van der Waals surface area (Å²) in [6, 6.07) is 5.13. The fourth-order valence-electron chi connectivity index (χ4n) is 2.29. The van der Waals surface area contributed by atoms with Gasteiger partial charge in [0.2, 0.25) is 0 Å². The Morgan fingerprint density at radius 1 is 1.25 bits per heavy atom. The van der Waals surface area contributed by atoms with Crippen molar-refractivity contribution in [3.8, 4) is 0 Å². The molecular weight excluding hydrogens is 271 g/mol. The molecule has 0 saturated carbocycles. The van der Waals surface area contributed by atoms with Crippen molar-refractivity contribution >= 4 is 0 Å². The summed E-state index contributed by atoms with van der Waals surface area (Å²) >= 11 is 0. The third kappa shape index (κ3) is 3.94. The molecule has 2 rings (SSSR count). The van der Waals surface area contributed by atoms with E-state index in [-0.39, 0.29) is 12.7 Å². The average Bonchev–Trinajstić information content (AvgIpc) is 2.45. The normalized spacial score (nSPS) is 21.1. The van der Waals surface area contributed by atoms with Gasteiger partial charge in [-0.3, -0.25) is 4.90 Å². The number of benzene rings is 1. The van der Waals surface area contributed by atoms with Crippen LogP contribution in [0.2, 0.25) is 0 Å². The molecule has 0 radical (unpaired) electrons. The van der Waals surface area contributed by atoms with Crippen molar-refractivity contribution < 1.29 is 23.0 Å². The summed E-state index contributed by atoms with van der Waals surface area (Å²) in [6.07, 6.45) is -3.82. The van der Waals surface area contributed by atoms with E-state index in [2.05, 4.69) is 4.90 Å². The molecule has 1 aromatic carbocycles. The lowest BCUT2D eigenvalue weighted by molar-refractivity contribution is -0.137. The Bertz CT molecular complexity index is 419. The first-order valence-electron chi connectivity index (χ1n) is 6.62. The second kappa shape index (κ2) is 6.56. The minimum Gasteiger partial charge on any atom is -0.396 e. The molecule has 0 bridgehead atoms. The highest BCUT2D eigenvalue weighted by atomic mass is 19.4. The summed E-state index contributed by atoms with van der Waals surface area (Å²) in [6.45, 7) is 2.90. The predicted molar refractivity (Wildman–Crippen MR) is 68.3 cm³/mol. The molecule has 1 aromatic rings. The number of rotatable bonds is 4. The summed E-state index contributed by atoms with van der Waals surface area (Å²) in [7, 11) is 0. The van der Waals surface area contributed by atoms with Gasteiger partial charge in [0, 0.05) is 26.2 Å². The van der Waals surface area contributed by atoms with E-state index in [1.54, 1.807) is 0 Å². The van der Waals surface area contributed by atoms with E-state index in [9.17, 15) is 13.2 Å². The maximum Gasteiger partial charge on any atom is 0.416 e. The van der Waals surface area contributed by atoms with Crippen molar-refractivity contribution in [2.75, 3.05) is 32.8 Å². The van der Waals surface area contributed by atoms with Crippen LogP contribution in [-0.2, 0) is 10.9 Å². The third-order valence-corrected chi connectivity index (χ3v) is 3.39. The lowest BCUT2D eigenvalue weighted by atomic mass is 10.1. The first kappa shape index (κ1) is 15.3. The summed E-state index contributed by atoms with van der Waals surface area (Å²) in [5.41, 5.74) is 0.112. The van der Waals surface area contributed by atoms with Crippen molar-refractivity contribution in [1.29, 1.82) is 0 Å². The summed E-state index contributed by atoms with van der Waals surface area (Å²) in [5, 5.41) is 8.82. The lowest BCUT2D eigenvalue weighted by Crippen LogP contribution is -2.39. The van der Waals surface area contributed by atoms with Gasteiger partial charge in [-0.25, -0.2) is 0 Å². The van der Waals surface area contributed by atoms with Crippen LogP contribution in [0.1, 0.15) is 23.7 Å². The Kier molecular flexibility index (Phi) is 5.01. The van der Waals surface area contributed by atoms with Crippen LogP contribution in [0.15, 0.2) is 24.3 Å². The number of ether oxygens (including phenoxy) is 1. The zero-order chi connectivity index (χ0) is 14.6. The summed E-state index contributed by atoms with van der Waals surface area (Å²) < 4.78 is 43.1. The van der Waals surface area contributed by atoms with Crippen LogP contribution in [-0.4, -0.2) is 42.9 Å². The molecule has 1 aliphatic heterocycles. The molecule has 1 N–H and O–H groups in total. The van der Waals surface area contributed by atoms with Crippen molar-refractivity contribution in [2.24, 2.45) is 0 Å². The number of hydrogen-bond donors (Lipinski definition) is 1. The Morgan fingerprint density at radius 2 is 1.95 bits per heavy atom. The molecule has 1 fully saturated rings. The van der Waals surface area contributed by atoms with Crippen LogP contribution >= 0.6 is 0 Å². The van der Waals surface area contributed by atoms with E-state index >= 15 is 0 Å². The molecule has 112 valence electrons. The van der Waals surface area contributed by atoms with Crippen LogP contribution in [0, 0.1) is 0 Å². The van der Waals surface area contributed by atoms with E-state index in [1.165, 1.54) is 12.1 Å².